The highest BCUT2D eigenvalue weighted by molar-refractivity contribution is 5.32. The van der Waals surface area contributed by atoms with Crippen LogP contribution in [0.2, 0.25) is 0 Å². The van der Waals surface area contributed by atoms with Crippen molar-refractivity contribution in [2.24, 2.45) is 0 Å². The first-order chi connectivity index (χ1) is 7.59. The van der Waals surface area contributed by atoms with E-state index in [0.29, 0.717) is 6.92 Å². The van der Waals surface area contributed by atoms with Crippen molar-refractivity contribution < 1.29 is 30.7 Å². The summed E-state index contributed by atoms with van der Waals surface area (Å²) in [6.45, 7) is 1.21. The molecular weight excluding hydrogens is 253 g/mol. The van der Waals surface area contributed by atoms with E-state index in [0.717, 1.165) is 6.92 Å². The monoisotopic (exact) mass is 260 g/mol. The molecule has 1 atom stereocenters. The Morgan fingerprint density at radius 2 is 1.29 bits per heavy atom. The summed E-state index contributed by atoms with van der Waals surface area (Å²) in [5.74, 6) is -10.3. The predicted molar refractivity (Wildman–Crippen MR) is 45.5 cm³/mol. The Morgan fingerprint density at radius 1 is 0.824 bits per heavy atom. The van der Waals surface area contributed by atoms with Crippen molar-refractivity contribution in [1.29, 1.82) is 0 Å². The lowest BCUT2D eigenvalue weighted by Crippen LogP contribution is -2.22. The van der Waals surface area contributed by atoms with Gasteiger partial charge in [0.1, 0.15) is 5.82 Å². The van der Waals surface area contributed by atoms with Crippen molar-refractivity contribution in [1.82, 2.24) is 0 Å². The summed E-state index contributed by atoms with van der Waals surface area (Å²) in [5.41, 5.74) is -2.48. The third-order valence-corrected chi connectivity index (χ3v) is 2.44. The van der Waals surface area contributed by atoms with Crippen LogP contribution < -0.4 is 0 Å². The van der Waals surface area contributed by atoms with Gasteiger partial charge in [-0.05, 0) is 13.8 Å². The van der Waals surface area contributed by atoms with Crippen LogP contribution in [0.25, 0.3) is 0 Å². The third-order valence-electron chi connectivity index (χ3n) is 2.44. The van der Waals surface area contributed by atoms with Gasteiger partial charge in [0.05, 0.1) is 5.92 Å². The Labute approximate surface area is 92.0 Å². The predicted octanol–water partition coefficient (Wildman–Crippen LogP) is 4.22. The SMILES string of the molecule is Cc1c(F)c(F)c(F)c(C(C)C(F)(F)F)c1F. The van der Waals surface area contributed by atoms with Crippen LogP contribution in [0.4, 0.5) is 30.7 Å². The molecule has 1 aromatic rings. The largest absolute Gasteiger partial charge is 0.395 e. The van der Waals surface area contributed by atoms with E-state index < -0.39 is 46.5 Å². The molecule has 96 valence electrons. The molecule has 0 aliphatic rings. The summed E-state index contributed by atoms with van der Waals surface area (Å²) in [6.07, 6.45) is -4.95. The normalized spacial score (nSPS) is 13.9. The lowest BCUT2D eigenvalue weighted by atomic mass is 9.96. The van der Waals surface area contributed by atoms with E-state index in [1.54, 1.807) is 0 Å². The van der Waals surface area contributed by atoms with Crippen molar-refractivity contribution in [2.75, 3.05) is 0 Å². The highest BCUT2D eigenvalue weighted by Crippen LogP contribution is 2.38. The number of hydrogen-bond donors (Lipinski definition) is 0. The zero-order valence-corrected chi connectivity index (χ0v) is 8.72. The van der Waals surface area contributed by atoms with Gasteiger partial charge in [-0.3, -0.25) is 0 Å². The molecule has 1 aromatic carbocycles. The number of benzene rings is 1. The van der Waals surface area contributed by atoms with E-state index in [2.05, 4.69) is 0 Å². The maximum absolute atomic E-state index is 13.3. The molecule has 0 saturated heterocycles. The smallest absolute Gasteiger partial charge is 0.206 e. The van der Waals surface area contributed by atoms with Gasteiger partial charge in [-0.25, -0.2) is 17.6 Å². The summed E-state index contributed by atoms with van der Waals surface area (Å²) >= 11 is 0. The second-order valence-electron chi connectivity index (χ2n) is 3.56. The van der Waals surface area contributed by atoms with E-state index in [4.69, 9.17) is 0 Å². The number of rotatable bonds is 1. The molecule has 0 aliphatic heterocycles. The Balaban J connectivity index is 3.55. The highest BCUT2D eigenvalue weighted by atomic mass is 19.4. The lowest BCUT2D eigenvalue weighted by molar-refractivity contribution is -0.147. The number of alkyl halides is 3. The average Bonchev–Trinajstić information content (AvgIpc) is 2.22. The molecule has 17 heavy (non-hydrogen) atoms. The van der Waals surface area contributed by atoms with Crippen molar-refractivity contribution >= 4 is 0 Å². The average molecular weight is 260 g/mol. The molecule has 0 saturated carbocycles. The fourth-order valence-corrected chi connectivity index (χ4v) is 1.32. The van der Waals surface area contributed by atoms with E-state index in [9.17, 15) is 30.7 Å². The van der Waals surface area contributed by atoms with Gasteiger partial charge in [-0.2, -0.15) is 13.2 Å². The summed E-state index contributed by atoms with van der Waals surface area (Å²) in [6, 6.07) is 0. The fourth-order valence-electron chi connectivity index (χ4n) is 1.32. The van der Waals surface area contributed by atoms with Gasteiger partial charge in [-0.1, -0.05) is 0 Å². The Kier molecular flexibility index (Phi) is 3.40. The zero-order chi connectivity index (χ0) is 13.5. The van der Waals surface area contributed by atoms with Crippen LogP contribution in [0.15, 0.2) is 0 Å². The minimum Gasteiger partial charge on any atom is -0.206 e. The Hall–Kier alpha value is -1.27. The summed E-state index contributed by atoms with van der Waals surface area (Å²) in [4.78, 5) is 0. The van der Waals surface area contributed by atoms with Crippen molar-refractivity contribution in [3.8, 4) is 0 Å². The van der Waals surface area contributed by atoms with Gasteiger partial charge < -0.3 is 0 Å². The van der Waals surface area contributed by atoms with Crippen LogP contribution in [0.5, 0.6) is 0 Å². The molecule has 0 spiro atoms. The Morgan fingerprint density at radius 3 is 1.71 bits per heavy atom. The Bertz CT molecular complexity index is 418. The third kappa shape index (κ3) is 2.23. The maximum Gasteiger partial charge on any atom is 0.395 e. The fraction of sp³-hybridized carbons (Fsp3) is 0.400. The first kappa shape index (κ1) is 13.8. The van der Waals surface area contributed by atoms with E-state index >= 15 is 0 Å². The number of hydrogen-bond acceptors (Lipinski definition) is 0. The second-order valence-corrected chi connectivity index (χ2v) is 3.56. The molecule has 0 amide bonds. The van der Waals surface area contributed by atoms with Crippen LogP contribution in [0.3, 0.4) is 0 Å². The molecule has 0 aromatic heterocycles. The van der Waals surface area contributed by atoms with Gasteiger partial charge in [0.15, 0.2) is 17.5 Å². The van der Waals surface area contributed by atoms with Crippen LogP contribution in [-0.4, -0.2) is 6.18 Å². The first-order valence-electron chi connectivity index (χ1n) is 4.48. The molecule has 0 N–H and O–H groups in total. The molecule has 7 heteroatoms. The van der Waals surface area contributed by atoms with Crippen LogP contribution >= 0.6 is 0 Å². The van der Waals surface area contributed by atoms with Crippen molar-refractivity contribution in [3.63, 3.8) is 0 Å². The molecular formula is C10H7F7. The lowest BCUT2D eigenvalue weighted by Gasteiger charge is -2.18. The molecule has 0 bridgehead atoms. The first-order valence-corrected chi connectivity index (χ1v) is 4.48. The summed E-state index contributed by atoms with van der Waals surface area (Å²) in [5, 5.41) is 0. The van der Waals surface area contributed by atoms with E-state index in [-0.39, 0.29) is 0 Å². The van der Waals surface area contributed by atoms with Crippen LogP contribution in [0, 0.1) is 30.2 Å². The molecule has 0 aliphatic carbocycles. The summed E-state index contributed by atoms with van der Waals surface area (Å²) in [7, 11) is 0. The zero-order valence-electron chi connectivity index (χ0n) is 8.72. The van der Waals surface area contributed by atoms with Crippen LogP contribution in [-0.2, 0) is 0 Å². The minimum absolute atomic E-state index is 0.471. The minimum atomic E-state index is -4.95. The van der Waals surface area contributed by atoms with Gasteiger partial charge in [0.25, 0.3) is 0 Å². The molecule has 1 rings (SSSR count). The highest BCUT2D eigenvalue weighted by Gasteiger charge is 2.42. The quantitative estimate of drug-likeness (QED) is 0.403. The standard InChI is InChI=1S/C10H7F7/c1-3-6(11)5(4(2)10(15,16)17)8(13)9(14)7(3)12/h4H,1-2H3. The molecule has 0 radical (unpaired) electrons. The van der Waals surface area contributed by atoms with Gasteiger partial charge in [0.2, 0.25) is 0 Å². The van der Waals surface area contributed by atoms with Crippen molar-refractivity contribution in [3.05, 3.63) is 34.4 Å². The second kappa shape index (κ2) is 4.19. The van der Waals surface area contributed by atoms with E-state index in [1.807, 2.05) is 0 Å². The topological polar surface area (TPSA) is 0 Å². The number of halogens is 7. The maximum atomic E-state index is 13.3. The molecule has 0 heterocycles. The summed E-state index contributed by atoms with van der Waals surface area (Å²) < 4.78 is 89.1. The van der Waals surface area contributed by atoms with E-state index in [1.165, 1.54) is 0 Å². The van der Waals surface area contributed by atoms with Gasteiger partial charge in [-0.15, -0.1) is 0 Å². The molecule has 0 fully saturated rings. The van der Waals surface area contributed by atoms with Crippen molar-refractivity contribution in [2.45, 2.75) is 25.9 Å². The molecule has 1 unspecified atom stereocenters. The van der Waals surface area contributed by atoms with Gasteiger partial charge >= 0.3 is 6.18 Å². The van der Waals surface area contributed by atoms with Gasteiger partial charge in [0, 0.05) is 11.1 Å². The molecule has 0 nitrogen and oxygen atoms in total. The van der Waals surface area contributed by atoms with Crippen LogP contribution in [0.1, 0.15) is 24.0 Å².